The fraction of sp³-hybridized carbons (Fsp3) is 0.646. The Morgan fingerprint density at radius 1 is 0.316 bits per heavy atom. The fourth-order valence-corrected chi connectivity index (χ4v) is 45.7. The number of hydrogen-bond acceptors (Lipinski definition) is 10. The third-order valence-electron chi connectivity index (χ3n) is 26.2. The van der Waals surface area contributed by atoms with Crippen LogP contribution in [0.2, 0.25) is 34.2 Å². The molecule has 0 saturated heterocycles. The highest BCUT2D eigenvalue weighted by Gasteiger charge is 2.53. The number of unbranched alkanes of at least 4 members (excludes halogenated alkanes) is 26. The molecule has 4 atom stereocenters. The standard InChI is InChI=1S/C96H136Cl2F4N2S8Si2/c1-13-23-29-31-33-35-37-39-41-43-45-47-53-69-80(97)64(12)106-86(69)93-103-95-96(111-93)104-94(112-95)87-70(54-48-46-44-42-40-38-36-34-32-30-24-14-2)81(98)88(110-87)73-58-77-92(109-73)91-76(114(77,61-67(21-9)51-27-17-5)62-68(22-10)52-28-18-6)57-72(108-91)79-84(101)82(99)78(83(100)85(79)102)71-56-75-90(107-71)89-74(55-63(11)105-89)113(75,59-65(19-7)49-25-15-3)60-66(20-8)50-26-16-4/h55-58,65-68H,13-54,59-62H2,1-12H3. The second kappa shape index (κ2) is 45.2. The van der Waals surface area contributed by atoms with Crippen LogP contribution in [-0.2, 0) is 12.8 Å². The number of nitrogens with zero attached hydrogens (tertiary/aromatic N) is 2. The van der Waals surface area contributed by atoms with Crippen LogP contribution >= 0.6 is 114 Å². The molecule has 628 valence electrons. The summed E-state index contributed by atoms with van der Waals surface area (Å²) in [7, 11) is -5.41. The molecule has 10 heterocycles. The zero-order valence-corrected chi connectivity index (χ0v) is 81.6. The quantitative estimate of drug-likeness (QED) is 0.0164. The van der Waals surface area contributed by atoms with Crippen molar-refractivity contribution in [3.05, 3.63) is 78.5 Å². The highest BCUT2D eigenvalue weighted by atomic mass is 35.5. The lowest BCUT2D eigenvalue weighted by Gasteiger charge is -2.35. The number of aromatic nitrogens is 2. The molecule has 4 unspecified atom stereocenters. The summed E-state index contributed by atoms with van der Waals surface area (Å²) in [6, 6.07) is 13.2. The summed E-state index contributed by atoms with van der Waals surface area (Å²) in [4.78, 5) is 24.8. The van der Waals surface area contributed by atoms with Crippen molar-refractivity contribution >= 4 is 160 Å². The van der Waals surface area contributed by atoms with E-state index >= 15 is 17.6 Å². The molecule has 9 aromatic rings. The first-order valence-corrected chi connectivity index (χ1v) is 57.8. The lowest BCUT2D eigenvalue weighted by atomic mass is 10.0. The lowest BCUT2D eigenvalue weighted by Crippen LogP contribution is -2.56. The van der Waals surface area contributed by atoms with Gasteiger partial charge in [0.25, 0.3) is 0 Å². The highest BCUT2D eigenvalue weighted by Crippen LogP contribution is 2.56. The zero-order chi connectivity index (χ0) is 81.1. The number of aryl methyl sites for hydroxylation is 2. The predicted molar refractivity (Wildman–Crippen MR) is 512 cm³/mol. The van der Waals surface area contributed by atoms with Crippen molar-refractivity contribution in [3.8, 4) is 69.9 Å². The summed E-state index contributed by atoms with van der Waals surface area (Å²) in [5, 5.41) is 9.01. The molecule has 2 aliphatic heterocycles. The summed E-state index contributed by atoms with van der Waals surface area (Å²) in [5.41, 5.74) is 1.28. The SMILES string of the molecule is CCCCCCCCCCCCCCc1c(-c2nc3sc(-c4sc(-c5cc6c(s5)-c5sc(-c7c(F)c(F)c(-c8cc9c(s8)-c8sc(C)cc8[Si]9(CC(CC)CCCC)CC(CC)CCCC)c(F)c7F)cc5[Si]6(CC(CC)CCCC)CC(CC)CCCC)c(Cl)c4CCCCCCCCCCCCCC)nc3s2)sc(C)c1Cl. The van der Waals surface area contributed by atoms with Crippen molar-refractivity contribution in [2.75, 3.05) is 0 Å². The van der Waals surface area contributed by atoms with Crippen LogP contribution < -0.4 is 20.7 Å². The molecule has 0 radical (unpaired) electrons. The van der Waals surface area contributed by atoms with E-state index in [2.05, 4.69) is 101 Å². The number of thiophene rings is 6. The normalized spacial score (nSPS) is 16.3. The average molecular weight is 1780 g/mol. The molecule has 11 rings (SSSR count). The monoisotopic (exact) mass is 1770 g/mol. The maximum absolute atomic E-state index is 18.1. The van der Waals surface area contributed by atoms with Gasteiger partial charge in [-0.1, -0.05) is 359 Å². The van der Waals surface area contributed by atoms with Crippen molar-refractivity contribution in [1.29, 1.82) is 0 Å². The molecule has 8 aromatic heterocycles. The largest absolute Gasteiger partial charge is 0.222 e. The van der Waals surface area contributed by atoms with Gasteiger partial charge in [-0.15, -0.1) is 68.0 Å². The summed E-state index contributed by atoms with van der Waals surface area (Å²) in [6.07, 6.45) is 50.8. The third kappa shape index (κ3) is 21.5. The van der Waals surface area contributed by atoms with E-state index in [0.29, 0.717) is 28.5 Å². The fourth-order valence-electron chi connectivity index (χ4n) is 19.4. The summed E-state index contributed by atoms with van der Waals surface area (Å²) < 4.78 is 72.3. The van der Waals surface area contributed by atoms with Crippen LogP contribution in [0.4, 0.5) is 17.6 Å². The Morgan fingerprint density at radius 3 is 0.965 bits per heavy atom. The average Bonchev–Trinajstić information content (AvgIpc) is 1.54. The van der Waals surface area contributed by atoms with Crippen molar-refractivity contribution < 1.29 is 17.6 Å². The molecule has 18 heteroatoms. The van der Waals surface area contributed by atoms with E-state index in [1.54, 1.807) is 68.0 Å². The van der Waals surface area contributed by atoms with Crippen LogP contribution in [0.1, 0.15) is 347 Å². The van der Waals surface area contributed by atoms with E-state index in [0.717, 1.165) is 210 Å². The summed E-state index contributed by atoms with van der Waals surface area (Å²) in [5.74, 6) is -3.24. The molecule has 2 nitrogen and oxygen atoms in total. The molecule has 0 bridgehead atoms. The van der Waals surface area contributed by atoms with Gasteiger partial charge in [-0.25, -0.2) is 27.5 Å². The van der Waals surface area contributed by atoms with Crippen LogP contribution in [0.25, 0.3) is 79.6 Å². The van der Waals surface area contributed by atoms with E-state index in [4.69, 9.17) is 33.2 Å². The lowest BCUT2D eigenvalue weighted by molar-refractivity contribution is 0.463. The first-order chi connectivity index (χ1) is 55.4. The van der Waals surface area contributed by atoms with Gasteiger partial charge in [0.05, 0.1) is 35.8 Å². The van der Waals surface area contributed by atoms with Crippen molar-refractivity contribution in [1.82, 2.24) is 9.97 Å². The minimum atomic E-state index is -2.86. The maximum atomic E-state index is 18.1. The first kappa shape index (κ1) is 92.4. The van der Waals surface area contributed by atoms with Gasteiger partial charge in [-0.05, 0) is 144 Å². The van der Waals surface area contributed by atoms with Gasteiger partial charge in [0.2, 0.25) is 0 Å². The molecular formula is C96H136Cl2F4N2S8Si2. The van der Waals surface area contributed by atoms with Gasteiger partial charge in [0.1, 0.15) is 26.2 Å². The van der Waals surface area contributed by atoms with Gasteiger partial charge in [0, 0.05) is 43.9 Å². The summed E-state index contributed by atoms with van der Waals surface area (Å²) in [6.45, 7) is 27.4. The van der Waals surface area contributed by atoms with Crippen LogP contribution in [0, 0.1) is 60.8 Å². The van der Waals surface area contributed by atoms with Crippen molar-refractivity contribution in [3.63, 3.8) is 0 Å². The second-order valence-corrected chi connectivity index (χ2v) is 52.1. The van der Waals surface area contributed by atoms with Gasteiger partial charge in [-0.2, -0.15) is 0 Å². The number of halogens is 6. The van der Waals surface area contributed by atoms with E-state index in [9.17, 15) is 0 Å². The number of rotatable bonds is 55. The Morgan fingerprint density at radius 2 is 0.614 bits per heavy atom. The predicted octanol–water partition coefficient (Wildman–Crippen LogP) is 35.4. The Hall–Kier alpha value is -2.33. The second-order valence-electron chi connectivity index (χ2n) is 34.6. The number of benzene rings is 1. The van der Waals surface area contributed by atoms with E-state index in [-0.39, 0.29) is 4.88 Å². The number of fused-ring (bicyclic) bond motifs is 7. The van der Waals surface area contributed by atoms with Crippen LogP contribution in [0.5, 0.6) is 0 Å². The minimum absolute atomic E-state index is 0.281. The van der Waals surface area contributed by atoms with Crippen molar-refractivity contribution in [2.45, 2.75) is 377 Å². The Bertz CT molecular complexity index is 4390. The molecule has 0 aliphatic carbocycles. The smallest absolute Gasteiger partial charge is 0.171 e. The first-order valence-electron chi connectivity index (χ1n) is 45.7. The van der Waals surface area contributed by atoms with Gasteiger partial charge in [-0.3, -0.25) is 0 Å². The van der Waals surface area contributed by atoms with Gasteiger partial charge < -0.3 is 0 Å². The maximum Gasteiger partial charge on any atom is 0.171 e. The van der Waals surface area contributed by atoms with E-state index in [1.165, 1.54) is 217 Å². The van der Waals surface area contributed by atoms with Gasteiger partial charge >= 0.3 is 0 Å². The Balaban J connectivity index is 0.969. The number of thiazole rings is 2. The molecule has 114 heavy (non-hydrogen) atoms. The molecule has 0 fully saturated rings. The molecule has 2 aliphatic rings. The molecule has 0 amide bonds. The van der Waals surface area contributed by atoms with E-state index < -0.39 is 50.5 Å². The minimum Gasteiger partial charge on any atom is -0.222 e. The zero-order valence-electron chi connectivity index (χ0n) is 71.6. The van der Waals surface area contributed by atoms with Crippen molar-refractivity contribution in [2.24, 2.45) is 23.7 Å². The number of hydrogen-bond donors (Lipinski definition) is 0. The van der Waals surface area contributed by atoms with E-state index in [1.807, 2.05) is 6.07 Å². The van der Waals surface area contributed by atoms with Crippen LogP contribution in [0.15, 0.2) is 24.3 Å². The molecule has 0 N–H and O–H groups in total. The Kier molecular flexibility index (Phi) is 36.6. The van der Waals surface area contributed by atoms with Gasteiger partial charge in [0.15, 0.2) is 32.9 Å². The highest BCUT2D eigenvalue weighted by molar-refractivity contribution is 7.35. The topological polar surface area (TPSA) is 25.8 Å². The van der Waals surface area contributed by atoms with Crippen LogP contribution in [0.3, 0.4) is 0 Å². The third-order valence-corrected chi connectivity index (χ3v) is 48.6. The molecule has 0 saturated carbocycles. The van der Waals surface area contributed by atoms with Crippen LogP contribution in [-0.4, -0.2) is 26.1 Å². The summed E-state index contributed by atoms with van der Waals surface area (Å²) >= 11 is 28.5. The molecule has 1 aromatic carbocycles. The molecular weight excluding hydrogens is 1640 g/mol. The Labute approximate surface area is 730 Å². The molecule has 0 spiro atoms.